The van der Waals surface area contributed by atoms with Crippen LogP contribution in [0.25, 0.3) is 10.9 Å². The lowest BCUT2D eigenvalue weighted by Crippen LogP contribution is -2.41. The second-order valence-electron chi connectivity index (χ2n) is 6.30. The first-order valence-electron chi connectivity index (χ1n) is 8.38. The molecule has 26 heavy (non-hydrogen) atoms. The van der Waals surface area contributed by atoms with Gasteiger partial charge in [-0.15, -0.1) is 0 Å². The van der Waals surface area contributed by atoms with Crippen molar-refractivity contribution in [2.24, 2.45) is 0 Å². The van der Waals surface area contributed by atoms with Gasteiger partial charge < -0.3 is 0 Å². The molecule has 0 atom stereocenters. The number of hydrazine groups is 1. The SMILES string of the molecule is O=C(NNC(=O)c1cc(C2CC2)nc2ccccc12)c1ccc(F)cc1. The highest BCUT2D eigenvalue weighted by Gasteiger charge is 2.27. The normalized spacial score (nSPS) is 13.4. The average Bonchev–Trinajstić information content (AvgIpc) is 3.51. The predicted octanol–water partition coefficient (Wildman–Crippen LogP) is 3.33. The molecule has 0 radical (unpaired) electrons. The summed E-state index contributed by atoms with van der Waals surface area (Å²) in [4.78, 5) is 29.3. The summed E-state index contributed by atoms with van der Waals surface area (Å²) < 4.78 is 12.9. The number of aromatic nitrogens is 1. The van der Waals surface area contributed by atoms with E-state index in [9.17, 15) is 14.0 Å². The van der Waals surface area contributed by atoms with E-state index >= 15 is 0 Å². The van der Waals surface area contributed by atoms with E-state index in [1.165, 1.54) is 24.3 Å². The Hall–Kier alpha value is -3.28. The van der Waals surface area contributed by atoms with Crippen LogP contribution in [0, 0.1) is 5.82 Å². The van der Waals surface area contributed by atoms with Crippen LogP contribution >= 0.6 is 0 Å². The van der Waals surface area contributed by atoms with Gasteiger partial charge in [-0.3, -0.25) is 25.4 Å². The molecule has 130 valence electrons. The summed E-state index contributed by atoms with van der Waals surface area (Å²) in [6, 6.07) is 14.3. The molecule has 3 aromatic rings. The van der Waals surface area contributed by atoms with Gasteiger partial charge in [0.05, 0.1) is 11.1 Å². The van der Waals surface area contributed by atoms with E-state index in [0.717, 1.165) is 29.4 Å². The number of halogens is 1. The monoisotopic (exact) mass is 349 g/mol. The van der Waals surface area contributed by atoms with E-state index in [1.54, 1.807) is 6.07 Å². The number of nitrogens with zero attached hydrogens (tertiary/aromatic N) is 1. The standard InChI is InChI=1S/C20H16FN3O2/c21-14-9-7-13(8-10-14)19(25)23-24-20(26)16-11-18(12-5-6-12)22-17-4-2-1-3-15(16)17/h1-4,7-12H,5-6H2,(H,23,25)(H,24,26). The van der Waals surface area contributed by atoms with Gasteiger partial charge in [-0.05, 0) is 49.2 Å². The molecule has 1 saturated carbocycles. The number of para-hydroxylation sites is 1. The van der Waals surface area contributed by atoms with Gasteiger partial charge in [-0.25, -0.2) is 4.39 Å². The Morgan fingerprint density at radius 2 is 1.65 bits per heavy atom. The molecule has 1 heterocycles. The maximum Gasteiger partial charge on any atom is 0.270 e. The van der Waals surface area contributed by atoms with E-state index in [-0.39, 0.29) is 5.56 Å². The van der Waals surface area contributed by atoms with Crippen LogP contribution in [0.5, 0.6) is 0 Å². The van der Waals surface area contributed by atoms with Crippen LogP contribution in [0.1, 0.15) is 45.2 Å². The first-order valence-corrected chi connectivity index (χ1v) is 8.38. The summed E-state index contributed by atoms with van der Waals surface area (Å²) in [5.74, 6) is -0.957. The van der Waals surface area contributed by atoms with E-state index < -0.39 is 17.6 Å². The molecule has 0 aliphatic heterocycles. The Kier molecular flexibility index (Phi) is 4.08. The molecule has 5 nitrogen and oxygen atoms in total. The molecule has 2 amide bonds. The highest BCUT2D eigenvalue weighted by Crippen LogP contribution is 2.40. The molecule has 4 rings (SSSR count). The average molecular weight is 349 g/mol. The molecule has 1 fully saturated rings. The summed E-state index contributed by atoms with van der Waals surface area (Å²) in [6.45, 7) is 0. The van der Waals surface area contributed by atoms with Crippen LogP contribution in [0.15, 0.2) is 54.6 Å². The minimum Gasteiger partial charge on any atom is -0.267 e. The highest BCUT2D eigenvalue weighted by molar-refractivity contribution is 6.07. The van der Waals surface area contributed by atoms with Crippen molar-refractivity contribution in [3.05, 3.63) is 77.2 Å². The first kappa shape index (κ1) is 16.2. The van der Waals surface area contributed by atoms with Gasteiger partial charge in [0, 0.05) is 22.6 Å². The second kappa shape index (κ2) is 6.55. The molecule has 6 heteroatoms. The van der Waals surface area contributed by atoms with Crippen molar-refractivity contribution in [1.82, 2.24) is 15.8 Å². The minimum atomic E-state index is -0.515. The number of carbonyl (C=O) groups excluding carboxylic acids is 2. The quantitative estimate of drug-likeness (QED) is 0.713. The molecular formula is C20H16FN3O2. The summed E-state index contributed by atoms with van der Waals surface area (Å²) in [5, 5.41) is 0.727. The third-order valence-electron chi connectivity index (χ3n) is 4.37. The lowest BCUT2D eigenvalue weighted by molar-refractivity contribution is 0.0847. The summed E-state index contributed by atoms with van der Waals surface area (Å²) in [6.07, 6.45) is 2.15. The third kappa shape index (κ3) is 3.26. The first-order chi connectivity index (χ1) is 12.6. The molecule has 2 aromatic carbocycles. The van der Waals surface area contributed by atoms with Crippen molar-refractivity contribution >= 4 is 22.7 Å². The van der Waals surface area contributed by atoms with Gasteiger partial charge in [0.2, 0.25) is 0 Å². The van der Waals surface area contributed by atoms with Crippen LogP contribution in [0.3, 0.4) is 0 Å². The lowest BCUT2D eigenvalue weighted by Gasteiger charge is -2.11. The predicted molar refractivity (Wildman–Crippen MR) is 95.1 cm³/mol. The third-order valence-corrected chi connectivity index (χ3v) is 4.37. The number of hydrogen-bond acceptors (Lipinski definition) is 3. The van der Waals surface area contributed by atoms with Crippen LogP contribution in [0.2, 0.25) is 0 Å². The van der Waals surface area contributed by atoms with E-state index in [2.05, 4.69) is 15.8 Å². The van der Waals surface area contributed by atoms with Crippen molar-refractivity contribution in [3.63, 3.8) is 0 Å². The van der Waals surface area contributed by atoms with Crippen LogP contribution in [0.4, 0.5) is 4.39 Å². The molecule has 1 aliphatic rings. The van der Waals surface area contributed by atoms with E-state index in [4.69, 9.17) is 0 Å². The summed E-state index contributed by atoms with van der Waals surface area (Å²) in [7, 11) is 0. The number of hydrogen-bond donors (Lipinski definition) is 2. The number of carbonyl (C=O) groups is 2. The maximum absolute atomic E-state index is 12.9. The zero-order chi connectivity index (χ0) is 18.1. The van der Waals surface area contributed by atoms with Gasteiger partial charge in [0.15, 0.2) is 0 Å². The second-order valence-corrected chi connectivity index (χ2v) is 6.30. The molecule has 0 bridgehead atoms. The Balaban J connectivity index is 1.56. The highest BCUT2D eigenvalue weighted by atomic mass is 19.1. The molecular weight excluding hydrogens is 333 g/mol. The zero-order valence-corrected chi connectivity index (χ0v) is 13.8. The van der Waals surface area contributed by atoms with Gasteiger partial charge in [0.25, 0.3) is 11.8 Å². The molecule has 2 N–H and O–H groups in total. The Labute approximate surface area is 149 Å². The summed E-state index contributed by atoms with van der Waals surface area (Å²) in [5.41, 5.74) is 7.18. The van der Waals surface area contributed by atoms with E-state index in [0.29, 0.717) is 11.5 Å². The molecule has 1 aliphatic carbocycles. The van der Waals surface area contributed by atoms with Crippen molar-refractivity contribution in [2.45, 2.75) is 18.8 Å². The molecule has 0 spiro atoms. The fourth-order valence-electron chi connectivity index (χ4n) is 2.83. The van der Waals surface area contributed by atoms with Gasteiger partial charge >= 0.3 is 0 Å². The fraction of sp³-hybridized carbons (Fsp3) is 0.150. The minimum absolute atomic E-state index is 0.255. The van der Waals surface area contributed by atoms with Gasteiger partial charge in [0.1, 0.15) is 5.82 Å². The Bertz CT molecular complexity index is 998. The lowest BCUT2D eigenvalue weighted by atomic mass is 10.1. The number of benzene rings is 2. The number of nitrogens with one attached hydrogen (secondary N) is 2. The molecule has 1 aromatic heterocycles. The number of fused-ring (bicyclic) bond motifs is 1. The summed E-state index contributed by atoms with van der Waals surface area (Å²) >= 11 is 0. The number of rotatable bonds is 3. The Morgan fingerprint density at radius 1 is 0.962 bits per heavy atom. The van der Waals surface area contributed by atoms with Crippen molar-refractivity contribution in [1.29, 1.82) is 0 Å². The molecule has 0 saturated heterocycles. The largest absolute Gasteiger partial charge is 0.270 e. The maximum atomic E-state index is 12.9. The van der Waals surface area contributed by atoms with Crippen molar-refractivity contribution < 1.29 is 14.0 Å². The number of amides is 2. The molecule has 0 unspecified atom stereocenters. The fourth-order valence-corrected chi connectivity index (χ4v) is 2.83. The van der Waals surface area contributed by atoms with Crippen molar-refractivity contribution in [3.8, 4) is 0 Å². The van der Waals surface area contributed by atoms with E-state index in [1.807, 2.05) is 24.3 Å². The zero-order valence-electron chi connectivity index (χ0n) is 13.8. The van der Waals surface area contributed by atoms with Crippen LogP contribution in [-0.4, -0.2) is 16.8 Å². The topological polar surface area (TPSA) is 71.1 Å². The smallest absolute Gasteiger partial charge is 0.267 e. The van der Waals surface area contributed by atoms with Gasteiger partial charge in [-0.1, -0.05) is 18.2 Å². The van der Waals surface area contributed by atoms with Crippen LogP contribution in [-0.2, 0) is 0 Å². The number of pyridine rings is 1. The van der Waals surface area contributed by atoms with Crippen LogP contribution < -0.4 is 10.9 Å². The van der Waals surface area contributed by atoms with Crippen molar-refractivity contribution in [2.75, 3.05) is 0 Å². The van der Waals surface area contributed by atoms with Gasteiger partial charge in [-0.2, -0.15) is 0 Å². The Morgan fingerprint density at radius 3 is 2.38 bits per heavy atom.